The summed E-state index contributed by atoms with van der Waals surface area (Å²) in [6.07, 6.45) is 0. The molecule has 3 N–H and O–H groups in total. The van der Waals surface area contributed by atoms with E-state index in [2.05, 4.69) is 5.32 Å². The quantitative estimate of drug-likeness (QED) is 0.751. The molecule has 0 saturated carbocycles. The molecule has 4 nitrogen and oxygen atoms in total. The zero-order valence-electron chi connectivity index (χ0n) is 9.46. The van der Waals surface area contributed by atoms with Crippen LogP contribution in [0.15, 0.2) is 18.2 Å². The second kappa shape index (κ2) is 5.34. The lowest BCUT2D eigenvalue weighted by Gasteiger charge is -2.23. The van der Waals surface area contributed by atoms with Gasteiger partial charge in [0.1, 0.15) is 5.82 Å². The molecule has 5 heteroatoms. The average Bonchev–Trinajstić information content (AvgIpc) is 2.29. The van der Waals surface area contributed by atoms with Crippen LogP contribution >= 0.6 is 0 Å². The van der Waals surface area contributed by atoms with Crippen LogP contribution in [0.1, 0.15) is 6.92 Å². The molecule has 0 aliphatic rings. The molecule has 0 unspecified atom stereocenters. The fraction of sp³-hybridized carbons (Fsp3) is 0.364. The molecule has 0 heterocycles. The molecule has 1 amide bonds. The molecular formula is C11H16FN3O. The minimum Gasteiger partial charge on any atom is -0.397 e. The van der Waals surface area contributed by atoms with Crippen LogP contribution in [0.3, 0.4) is 0 Å². The Hall–Kier alpha value is -1.78. The van der Waals surface area contributed by atoms with Crippen molar-refractivity contribution >= 4 is 17.3 Å². The second-order valence-corrected chi connectivity index (χ2v) is 3.39. The highest BCUT2D eigenvalue weighted by Gasteiger charge is 2.12. The van der Waals surface area contributed by atoms with Gasteiger partial charge < -0.3 is 16.0 Å². The van der Waals surface area contributed by atoms with E-state index in [0.717, 1.165) is 0 Å². The Bertz CT molecular complexity index is 381. The first kappa shape index (κ1) is 12.3. The second-order valence-electron chi connectivity index (χ2n) is 3.39. The third kappa shape index (κ3) is 2.85. The number of carbonyl (C=O) groups excluding carboxylic acids is 1. The number of hydrogen-bond acceptors (Lipinski definition) is 3. The van der Waals surface area contributed by atoms with Gasteiger partial charge >= 0.3 is 0 Å². The molecule has 1 aromatic carbocycles. The predicted molar refractivity (Wildman–Crippen MR) is 62.8 cm³/mol. The van der Waals surface area contributed by atoms with E-state index in [-0.39, 0.29) is 18.3 Å². The molecule has 0 atom stereocenters. The maximum atomic E-state index is 13.1. The van der Waals surface area contributed by atoms with Crippen molar-refractivity contribution in [3.63, 3.8) is 0 Å². The van der Waals surface area contributed by atoms with E-state index < -0.39 is 0 Å². The van der Waals surface area contributed by atoms with Gasteiger partial charge in [0.2, 0.25) is 5.91 Å². The van der Waals surface area contributed by atoms with Crippen LogP contribution < -0.4 is 16.0 Å². The van der Waals surface area contributed by atoms with Crippen LogP contribution in [0, 0.1) is 5.82 Å². The Labute approximate surface area is 94.2 Å². The average molecular weight is 225 g/mol. The van der Waals surface area contributed by atoms with Gasteiger partial charge in [0, 0.05) is 13.6 Å². The van der Waals surface area contributed by atoms with E-state index in [0.29, 0.717) is 17.9 Å². The number of nitrogens with two attached hydrogens (primary N) is 1. The van der Waals surface area contributed by atoms with Gasteiger partial charge in [0.15, 0.2) is 0 Å². The maximum Gasteiger partial charge on any atom is 0.239 e. The van der Waals surface area contributed by atoms with Gasteiger partial charge in [-0.2, -0.15) is 0 Å². The molecule has 16 heavy (non-hydrogen) atoms. The van der Waals surface area contributed by atoms with Crippen molar-refractivity contribution in [3.8, 4) is 0 Å². The van der Waals surface area contributed by atoms with Crippen LogP contribution in [-0.2, 0) is 4.79 Å². The van der Waals surface area contributed by atoms with E-state index in [1.807, 2.05) is 6.92 Å². The van der Waals surface area contributed by atoms with Gasteiger partial charge in [-0.1, -0.05) is 0 Å². The summed E-state index contributed by atoms with van der Waals surface area (Å²) >= 11 is 0. The number of benzene rings is 1. The highest BCUT2D eigenvalue weighted by Crippen LogP contribution is 2.23. The highest BCUT2D eigenvalue weighted by molar-refractivity contribution is 5.82. The fourth-order valence-corrected chi connectivity index (χ4v) is 1.41. The molecule has 88 valence electrons. The van der Waals surface area contributed by atoms with Crippen molar-refractivity contribution in [2.75, 3.05) is 30.8 Å². The molecule has 1 aromatic rings. The van der Waals surface area contributed by atoms with Gasteiger partial charge in [-0.25, -0.2) is 4.39 Å². The molecule has 0 fully saturated rings. The van der Waals surface area contributed by atoms with Crippen LogP contribution in [-0.4, -0.2) is 26.0 Å². The van der Waals surface area contributed by atoms with Crippen LogP contribution in [0.4, 0.5) is 15.8 Å². The number of halogens is 1. The highest BCUT2D eigenvalue weighted by atomic mass is 19.1. The van der Waals surface area contributed by atoms with Gasteiger partial charge in [0.05, 0.1) is 17.9 Å². The van der Waals surface area contributed by atoms with E-state index >= 15 is 0 Å². The topological polar surface area (TPSA) is 58.4 Å². The van der Waals surface area contributed by atoms with Crippen molar-refractivity contribution in [2.45, 2.75) is 6.92 Å². The lowest BCUT2D eigenvalue weighted by Crippen LogP contribution is -2.35. The summed E-state index contributed by atoms with van der Waals surface area (Å²) in [7, 11) is 1.56. The van der Waals surface area contributed by atoms with Gasteiger partial charge in [-0.15, -0.1) is 0 Å². The Kier molecular flexibility index (Phi) is 4.10. The smallest absolute Gasteiger partial charge is 0.239 e. The summed E-state index contributed by atoms with van der Waals surface area (Å²) in [5.41, 5.74) is 6.76. The standard InChI is InChI=1S/C11H16FN3O/c1-3-15(7-11(16)14-2)10-6-8(12)4-5-9(10)13/h4-6H,3,7,13H2,1-2H3,(H,14,16). The molecular weight excluding hydrogens is 209 g/mol. The minimum absolute atomic E-state index is 0.134. The molecule has 0 saturated heterocycles. The summed E-state index contributed by atoms with van der Waals surface area (Å²) in [6.45, 7) is 2.63. The first-order valence-electron chi connectivity index (χ1n) is 5.09. The number of likely N-dealkylation sites (N-methyl/N-ethyl adjacent to an activating group) is 2. The number of nitrogens with zero attached hydrogens (tertiary/aromatic N) is 1. The Morgan fingerprint density at radius 1 is 1.56 bits per heavy atom. The monoisotopic (exact) mass is 225 g/mol. The molecule has 0 aliphatic carbocycles. The van der Waals surface area contributed by atoms with Crippen LogP contribution in [0.5, 0.6) is 0 Å². The summed E-state index contributed by atoms with van der Waals surface area (Å²) in [4.78, 5) is 13.0. The van der Waals surface area contributed by atoms with Crippen molar-refractivity contribution in [1.82, 2.24) is 5.32 Å². The number of carbonyl (C=O) groups is 1. The molecule has 0 aromatic heterocycles. The number of anilines is 2. The SMILES string of the molecule is CCN(CC(=O)NC)c1cc(F)ccc1N. The lowest BCUT2D eigenvalue weighted by atomic mass is 10.2. The maximum absolute atomic E-state index is 13.1. The Morgan fingerprint density at radius 2 is 2.25 bits per heavy atom. The fourth-order valence-electron chi connectivity index (χ4n) is 1.41. The zero-order valence-corrected chi connectivity index (χ0v) is 9.46. The molecule has 0 aliphatic heterocycles. The van der Waals surface area contributed by atoms with Gasteiger partial charge in [0.25, 0.3) is 0 Å². The minimum atomic E-state index is -0.362. The third-order valence-electron chi connectivity index (χ3n) is 2.33. The van der Waals surface area contributed by atoms with Crippen molar-refractivity contribution in [2.24, 2.45) is 0 Å². The number of hydrogen-bond donors (Lipinski definition) is 2. The van der Waals surface area contributed by atoms with E-state index in [4.69, 9.17) is 5.73 Å². The first-order valence-corrected chi connectivity index (χ1v) is 5.09. The summed E-state index contributed by atoms with van der Waals surface area (Å²) in [5.74, 6) is -0.495. The molecule has 0 spiro atoms. The van der Waals surface area contributed by atoms with E-state index in [1.54, 1.807) is 11.9 Å². The Morgan fingerprint density at radius 3 is 2.81 bits per heavy atom. The first-order chi connectivity index (χ1) is 7.58. The van der Waals surface area contributed by atoms with Crippen LogP contribution in [0.25, 0.3) is 0 Å². The largest absolute Gasteiger partial charge is 0.397 e. The van der Waals surface area contributed by atoms with E-state index in [1.165, 1.54) is 18.2 Å². The van der Waals surface area contributed by atoms with Crippen LogP contribution in [0.2, 0.25) is 0 Å². The number of nitrogen functional groups attached to an aromatic ring is 1. The third-order valence-corrected chi connectivity index (χ3v) is 2.33. The predicted octanol–water partition coefficient (Wildman–Crippen LogP) is 0.980. The summed E-state index contributed by atoms with van der Waals surface area (Å²) in [5, 5.41) is 2.52. The van der Waals surface area contributed by atoms with Crippen molar-refractivity contribution in [1.29, 1.82) is 0 Å². The molecule has 0 radical (unpaired) electrons. The molecule has 1 rings (SSSR count). The van der Waals surface area contributed by atoms with Crippen molar-refractivity contribution in [3.05, 3.63) is 24.0 Å². The van der Waals surface area contributed by atoms with Crippen molar-refractivity contribution < 1.29 is 9.18 Å². The van der Waals surface area contributed by atoms with Gasteiger partial charge in [-0.05, 0) is 25.1 Å². The summed E-state index contributed by atoms with van der Waals surface area (Å²) in [6, 6.07) is 4.13. The van der Waals surface area contributed by atoms with E-state index in [9.17, 15) is 9.18 Å². The lowest BCUT2D eigenvalue weighted by molar-refractivity contribution is -0.119. The number of rotatable bonds is 4. The normalized spacial score (nSPS) is 9.94. The molecule has 0 bridgehead atoms. The number of amides is 1. The zero-order chi connectivity index (χ0) is 12.1. The summed E-state index contributed by atoms with van der Waals surface area (Å²) < 4.78 is 13.1. The number of nitrogens with one attached hydrogen (secondary N) is 1. The van der Waals surface area contributed by atoms with Gasteiger partial charge in [-0.3, -0.25) is 4.79 Å². The Balaban J connectivity index is 2.94.